The van der Waals surface area contributed by atoms with Crippen LogP contribution in [0.4, 0.5) is 0 Å². The molecule has 0 aromatic rings. The Morgan fingerprint density at radius 1 is 1.04 bits per heavy atom. The molecule has 1 heterocycles. The van der Waals surface area contributed by atoms with Crippen molar-refractivity contribution < 1.29 is 14.3 Å². The van der Waals surface area contributed by atoms with Gasteiger partial charge in [-0.05, 0) is 61.7 Å². The number of carbonyl (C=O) groups excluding carboxylic acids is 1. The van der Waals surface area contributed by atoms with E-state index in [-0.39, 0.29) is 29.0 Å². The van der Waals surface area contributed by atoms with Crippen LogP contribution in [0.25, 0.3) is 0 Å². The average Bonchev–Trinajstić information content (AvgIpc) is 2.99. The standard InChI is InChI=1S/C21H36O3/c1-12-14-9-13-10-15(14)17(23-12)16(13)24-18(22)21(8,20(5,6)7)11-19(2,3)4/h12-17H,9-11H2,1-8H3. The molecule has 0 spiro atoms. The molecule has 0 aromatic carbocycles. The van der Waals surface area contributed by atoms with Gasteiger partial charge in [-0.25, -0.2) is 0 Å². The first kappa shape index (κ1) is 18.2. The van der Waals surface area contributed by atoms with Crippen molar-refractivity contribution in [3.05, 3.63) is 0 Å². The second kappa shape index (κ2) is 5.46. The van der Waals surface area contributed by atoms with E-state index in [2.05, 4.69) is 55.4 Å². The van der Waals surface area contributed by atoms with Crippen molar-refractivity contribution in [2.45, 2.75) is 93.0 Å². The topological polar surface area (TPSA) is 35.5 Å². The Morgan fingerprint density at radius 3 is 2.17 bits per heavy atom. The van der Waals surface area contributed by atoms with Crippen molar-refractivity contribution in [2.75, 3.05) is 0 Å². The second-order valence-corrected chi connectivity index (χ2v) is 11.1. The van der Waals surface area contributed by atoms with E-state index in [4.69, 9.17) is 9.47 Å². The summed E-state index contributed by atoms with van der Waals surface area (Å²) in [7, 11) is 0. The highest BCUT2D eigenvalue weighted by molar-refractivity contribution is 5.77. The summed E-state index contributed by atoms with van der Waals surface area (Å²) < 4.78 is 12.4. The SMILES string of the molecule is CC1OC2C3CC(CC13)C2OC(=O)C(C)(CC(C)(C)C)C(C)(C)C. The predicted molar refractivity (Wildman–Crippen MR) is 95.6 cm³/mol. The average molecular weight is 337 g/mol. The third-order valence-corrected chi connectivity index (χ3v) is 7.12. The van der Waals surface area contributed by atoms with Gasteiger partial charge < -0.3 is 9.47 Å². The van der Waals surface area contributed by atoms with E-state index < -0.39 is 5.41 Å². The summed E-state index contributed by atoms with van der Waals surface area (Å²) in [5, 5.41) is 0. The highest BCUT2D eigenvalue weighted by atomic mass is 16.6. The molecule has 2 bridgehead atoms. The van der Waals surface area contributed by atoms with E-state index in [9.17, 15) is 4.79 Å². The molecule has 7 unspecified atom stereocenters. The van der Waals surface area contributed by atoms with Crippen LogP contribution in [0.1, 0.15) is 74.7 Å². The Kier molecular flexibility index (Phi) is 4.15. The molecule has 3 rings (SSSR count). The van der Waals surface area contributed by atoms with Gasteiger partial charge in [0.15, 0.2) is 0 Å². The van der Waals surface area contributed by atoms with Gasteiger partial charge in [0.1, 0.15) is 6.10 Å². The lowest BCUT2D eigenvalue weighted by Gasteiger charge is -2.44. The van der Waals surface area contributed by atoms with Crippen molar-refractivity contribution in [1.82, 2.24) is 0 Å². The third kappa shape index (κ3) is 2.81. The Balaban J connectivity index is 1.78. The maximum absolute atomic E-state index is 13.3. The van der Waals surface area contributed by atoms with Crippen LogP contribution in [0.15, 0.2) is 0 Å². The summed E-state index contributed by atoms with van der Waals surface area (Å²) in [5.74, 6) is 1.80. The van der Waals surface area contributed by atoms with Gasteiger partial charge in [-0.2, -0.15) is 0 Å². The molecule has 7 atom stereocenters. The molecule has 0 N–H and O–H groups in total. The predicted octanol–water partition coefficient (Wildman–Crippen LogP) is 4.83. The van der Waals surface area contributed by atoms with Crippen LogP contribution in [-0.4, -0.2) is 24.3 Å². The third-order valence-electron chi connectivity index (χ3n) is 7.12. The molecule has 0 amide bonds. The monoisotopic (exact) mass is 336 g/mol. The molecule has 3 aliphatic rings. The molecule has 2 aliphatic carbocycles. The zero-order valence-corrected chi connectivity index (χ0v) is 16.8. The van der Waals surface area contributed by atoms with Crippen molar-refractivity contribution in [3.63, 3.8) is 0 Å². The highest BCUT2D eigenvalue weighted by Gasteiger charge is 2.62. The number of ether oxygens (including phenoxy) is 2. The van der Waals surface area contributed by atoms with Gasteiger partial charge in [-0.1, -0.05) is 41.5 Å². The van der Waals surface area contributed by atoms with Crippen molar-refractivity contribution in [2.24, 2.45) is 34.0 Å². The lowest BCUT2D eigenvalue weighted by Crippen LogP contribution is -2.47. The molecule has 24 heavy (non-hydrogen) atoms. The first-order valence-corrected chi connectivity index (χ1v) is 9.70. The van der Waals surface area contributed by atoms with Crippen molar-refractivity contribution >= 4 is 5.97 Å². The summed E-state index contributed by atoms with van der Waals surface area (Å²) in [6.45, 7) is 17.4. The molecular formula is C21H36O3. The molecule has 1 aliphatic heterocycles. The fourth-order valence-corrected chi connectivity index (χ4v) is 5.49. The van der Waals surface area contributed by atoms with Crippen LogP contribution in [0.3, 0.4) is 0 Å². The van der Waals surface area contributed by atoms with E-state index in [1.165, 1.54) is 12.8 Å². The van der Waals surface area contributed by atoms with Crippen LogP contribution < -0.4 is 0 Å². The summed E-state index contributed by atoms with van der Waals surface area (Å²) in [4.78, 5) is 13.3. The van der Waals surface area contributed by atoms with Gasteiger partial charge in [0, 0.05) is 0 Å². The Bertz CT molecular complexity index is 512. The molecule has 1 saturated heterocycles. The number of rotatable bonds is 3. The van der Waals surface area contributed by atoms with Gasteiger partial charge in [0.25, 0.3) is 0 Å². The lowest BCUT2D eigenvalue weighted by atomic mass is 9.61. The van der Waals surface area contributed by atoms with Gasteiger partial charge in [0.2, 0.25) is 0 Å². The minimum absolute atomic E-state index is 0.0228. The number of fused-ring (bicyclic) bond motifs is 1. The smallest absolute Gasteiger partial charge is 0.312 e. The Morgan fingerprint density at radius 2 is 1.62 bits per heavy atom. The van der Waals surface area contributed by atoms with Gasteiger partial charge in [-0.3, -0.25) is 4.79 Å². The quantitative estimate of drug-likeness (QED) is 0.692. The van der Waals surface area contributed by atoms with E-state index in [1.54, 1.807) is 0 Å². The van der Waals surface area contributed by atoms with E-state index in [0.717, 1.165) is 6.42 Å². The van der Waals surface area contributed by atoms with Crippen LogP contribution in [0.5, 0.6) is 0 Å². The van der Waals surface area contributed by atoms with Crippen molar-refractivity contribution in [3.8, 4) is 0 Å². The number of hydrogen-bond donors (Lipinski definition) is 0. The second-order valence-electron chi connectivity index (χ2n) is 11.1. The molecule has 3 nitrogen and oxygen atoms in total. The summed E-state index contributed by atoms with van der Waals surface area (Å²) >= 11 is 0. The zero-order valence-electron chi connectivity index (χ0n) is 16.8. The zero-order chi connectivity index (χ0) is 18.1. The van der Waals surface area contributed by atoms with Crippen molar-refractivity contribution in [1.29, 1.82) is 0 Å². The van der Waals surface area contributed by atoms with Gasteiger partial charge in [0.05, 0.1) is 17.6 Å². The highest BCUT2D eigenvalue weighted by Crippen LogP contribution is 2.58. The van der Waals surface area contributed by atoms with Gasteiger partial charge in [-0.15, -0.1) is 0 Å². The number of carbonyl (C=O) groups is 1. The summed E-state index contributed by atoms with van der Waals surface area (Å²) in [6.07, 6.45) is 3.64. The first-order valence-electron chi connectivity index (χ1n) is 9.70. The van der Waals surface area contributed by atoms with Crippen LogP contribution >= 0.6 is 0 Å². The summed E-state index contributed by atoms with van der Waals surface area (Å²) in [5.41, 5.74) is -0.544. The summed E-state index contributed by atoms with van der Waals surface area (Å²) in [6, 6.07) is 0. The van der Waals surface area contributed by atoms with Crippen LogP contribution in [-0.2, 0) is 14.3 Å². The molecule has 0 radical (unpaired) electrons. The molecule has 138 valence electrons. The molecule has 0 aromatic heterocycles. The van der Waals surface area contributed by atoms with Crippen LogP contribution in [0, 0.1) is 34.0 Å². The minimum atomic E-state index is -0.489. The number of hydrogen-bond acceptors (Lipinski definition) is 3. The van der Waals surface area contributed by atoms with Gasteiger partial charge >= 0.3 is 5.97 Å². The largest absolute Gasteiger partial charge is 0.459 e. The maximum atomic E-state index is 13.3. The number of esters is 1. The molecule has 2 saturated carbocycles. The fourth-order valence-electron chi connectivity index (χ4n) is 5.49. The molecule has 3 fully saturated rings. The van der Waals surface area contributed by atoms with E-state index in [0.29, 0.717) is 23.9 Å². The maximum Gasteiger partial charge on any atom is 0.312 e. The normalized spacial score (nSPS) is 40.7. The molecular weight excluding hydrogens is 300 g/mol. The first-order chi connectivity index (χ1) is 10.8. The van der Waals surface area contributed by atoms with Crippen LogP contribution in [0.2, 0.25) is 0 Å². The Labute approximate surface area is 147 Å². The van der Waals surface area contributed by atoms with E-state index in [1.807, 2.05) is 0 Å². The van der Waals surface area contributed by atoms with E-state index >= 15 is 0 Å². The molecule has 3 heteroatoms. The Hall–Kier alpha value is -0.570. The lowest BCUT2D eigenvalue weighted by molar-refractivity contribution is -0.179. The minimum Gasteiger partial charge on any atom is -0.459 e. The fraction of sp³-hybridized carbons (Fsp3) is 0.952.